The number of nitrogens with one attached hydrogen (secondary N) is 5. The van der Waals surface area contributed by atoms with E-state index in [9.17, 15) is 44.1 Å². The zero-order valence-electron chi connectivity index (χ0n) is 28.6. The Morgan fingerprint density at radius 1 is 0.609 bits per heavy atom. The monoisotopic (exact) mass is 659 g/mol. The largest absolute Gasteiger partial charge is 0.481 e. The summed E-state index contributed by atoms with van der Waals surface area (Å²) >= 11 is 0. The fourth-order valence-electron chi connectivity index (χ4n) is 4.77. The molecule has 0 aliphatic heterocycles. The summed E-state index contributed by atoms with van der Waals surface area (Å²) < 4.78 is 0. The van der Waals surface area contributed by atoms with E-state index in [1.54, 1.807) is 34.6 Å². The van der Waals surface area contributed by atoms with Gasteiger partial charge in [0.1, 0.15) is 18.1 Å². The fraction of sp³-hybridized carbons (Fsp3) is 0.806. The molecule has 0 aromatic carbocycles. The molecule has 0 aliphatic carbocycles. The van der Waals surface area contributed by atoms with Crippen LogP contribution in [0.1, 0.15) is 88.0 Å². The predicted octanol–water partition coefficient (Wildman–Crippen LogP) is -0.587. The molecule has 46 heavy (non-hydrogen) atoms. The third kappa shape index (κ3) is 16.3. The molecule has 0 aromatic rings. The molecular formula is C31H57N5O10. The average molecular weight is 660 g/mol. The minimum atomic E-state index is -1.43. The van der Waals surface area contributed by atoms with Crippen molar-refractivity contribution in [2.24, 2.45) is 23.7 Å². The van der Waals surface area contributed by atoms with Gasteiger partial charge in [-0.1, -0.05) is 48.5 Å². The van der Waals surface area contributed by atoms with Crippen LogP contribution in [0.4, 0.5) is 0 Å². The van der Waals surface area contributed by atoms with Crippen LogP contribution in [0.5, 0.6) is 0 Å². The van der Waals surface area contributed by atoms with Gasteiger partial charge in [-0.3, -0.25) is 28.8 Å². The van der Waals surface area contributed by atoms with Crippen molar-refractivity contribution < 1.29 is 49.2 Å². The standard InChI is InChI=1S/C31H57N5O10/c1-15(2)10-21(35-30(45)28(17(5)6)36-31(46)27(16(3)4)33-20(9)38)23(39)12-25(41)32-19(8)29(44)34-22(11-18(7)14-37)24(40)13-26(42)43/h15-19,21-24,27-28,37,39-40H,10-14H2,1-9H3,(H,32,41)(H,33,38)(H,34,44)(H,35,45)(H,36,46)(H,42,43)/t18-,19+,21-,22+,23-,24-,27-,28-/m1/s1. The van der Waals surface area contributed by atoms with E-state index in [2.05, 4.69) is 26.6 Å². The number of carboxylic acids is 1. The first-order valence-electron chi connectivity index (χ1n) is 15.9. The van der Waals surface area contributed by atoms with E-state index in [1.165, 1.54) is 13.8 Å². The lowest BCUT2D eigenvalue weighted by atomic mass is 9.95. The molecule has 0 rings (SSSR count). The second-order valence-electron chi connectivity index (χ2n) is 13.3. The summed E-state index contributed by atoms with van der Waals surface area (Å²) in [5.41, 5.74) is 0. The van der Waals surface area contributed by atoms with Crippen molar-refractivity contribution in [3.05, 3.63) is 0 Å². The maximum absolute atomic E-state index is 13.4. The van der Waals surface area contributed by atoms with Gasteiger partial charge in [-0.15, -0.1) is 0 Å². The van der Waals surface area contributed by atoms with Gasteiger partial charge in [0.25, 0.3) is 0 Å². The molecule has 0 saturated heterocycles. The Hall–Kier alpha value is -3.30. The lowest BCUT2D eigenvalue weighted by Crippen LogP contribution is -2.59. The second-order valence-corrected chi connectivity index (χ2v) is 13.3. The van der Waals surface area contributed by atoms with Crippen LogP contribution < -0.4 is 26.6 Å². The number of amides is 5. The minimum Gasteiger partial charge on any atom is -0.481 e. The Bertz CT molecular complexity index is 1020. The molecule has 0 heterocycles. The molecule has 5 amide bonds. The van der Waals surface area contributed by atoms with Gasteiger partial charge in [0.15, 0.2) is 0 Å². The molecule has 15 heteroatoms. The number of aliphatic hydroxyl groups is 3. The van der Waals surface area contributed by atoms with Gasteiger partial charge in [-0.25, -0.2) is 0 Å². The van der Waals surface area contributed by atoms with Crippen molar-refractivity contribution >= 4 is 35.5 Å². The molecule has 15 nitrogen and oxygen atoms in total. The number of aliphatic carboxylic acids is 1. The van der Waals surface area contributed by atoms with E-state index in [4.69, 9.17) is 5.11 Å². The summed E-state index contributed by atoms with van der Waals surface area (Å²) in [5, 5.41) is 52.7. The quantitative estimate of drug-likeness (QED) is 0.0758. The zero-order chi connectivity index (χ0) is 35.9. The Labute approximate surface area is 272 Å². The Balaban J connectivity index is 5.57. The van der Waals surface area contributed by atoms with E-state index in [1.807, 2.05) is 13.8 Å². The third-order valence-electron chi connectivity index (χ3n) is 7.38. The van der Waals surface area contributed by atoms with Gasteiger partial charge in [0.2, 0.25) is 29.5 Å². The smallest absolute Gasteiger partial charge is 0.306 e. The molecule has 0 radical (unpaired) electrons. The summed E-state index contributed by atoms with van der Waals surface area (Å²) in [6.45, 7) is 14.8. The van der Waals surface area contributed by atoms with E-state index in [0.717, 1.165) is 0 Å². The second kappa shape index (κ2) is 20.7. The van der Waals surface area contributed by atoms with Crippen LogP contribution in [-0.2, 0) is 28.8 Å². The highest BCUT2D eigenvalue weighted by molar-refractivity contribution is 5.92. The number of hydrogen-bond acceptors (Lipinski definition) is 9. The molecule has 0 bridgehead atoms. The van der Waals surface area contributed by atoms with Crippen LogP contribution in [-0.4, -0.2) is 105 Å². The van der Waals surface area contributed by atoms with Crippen molar-refractivity contribution in [3.8, 4) is 0 Å². The average Bonchev–Trinajstić information content (AvgIpc) is 2.92. The molecule has 9 N–H and O–H groups in total. The first-order chi connectivity index (χ1) is 21.2. The van der Waals surface area contributed by atoms with Gasteiger partial charge >= 0.3 is 5.97 Å². The van der Waals surface area contributed by atoms with Gasteiger partial charge in [0.05, 0.1) is 37.1 Å². The molecule has 0 aliphatic rings. The number of hydrogen-bond donors (Lipinski definition) is 9. The van der Waals surface area contributed by atoms with Gasteiger partial charge in [0, 0.05) is 13.5 Å². The SMILES string of the molecule is CC(=O)N[C@@H](C(=O)N[C@@H](C(=O)N[C@H](CC(C)C)[C@H](O)CC(=O)N[C@@H](C)C(=O)N[C@@H](C[C@@H](C)CO)[C@H](O)CC(=O)O)C(C)C)C(C)C. The van der Waals surface area contributed by atoms with E-state index < -0.39 is 90.8 Å². The lowest BCUT2D eigenvalue weighted by Gasteiger charge is -2.31. The summed E-state index contributed by atoms with van der Waals surface area (Å²) in [6.07, 6.45) is -3.51. The number of rotatable bonds is 21. The lowest BCUT2D eigenvalue weighted by molar-refractivity contribution is -0.140. The first kappa shape index (κ1) is 42.7. The molecule has 0 saturated carbocycles. The molecule has 0 fully saturated rings. The molecule has 266 valence electrons. The number of carboxylic acid groups (broad SMARTS) is 1. The molecule has 8 atom stereocenters. The van der Waals surface area contributed by atoms with Gasteiger partial charge < -0.3 is 47.0 Å². The summed E-state index contributed by atoms with van der Waals surface area (Å²) in [7, 11) is 0. The van der Waals surface area contributed by atoms with Crippen LogP contribution in [0, 0.1) is 23.7 Å². The highest BCUT2D eigenvalue weighted by Crippen LogP contribution is 2.15. The molecule has 0 unspecified atom stereocenters. The molecule has 0 aromatic heterocycles. The highest BCUT2D eigenvalue weighted by atomic mass is 16.4. The van der Waals surface area contributed by atoms with Crippen molar-refractivity contribution in [1.82, 2.24) is 26.6 Å². The summed E-state index contributed by atoms with van der Waals surface area (Å²) in [6, 6.07) is -4.86. The normalized spacial score (nSPS) is 16.8. The van der Waals surface area contributed by atoms with Crippen LogP contribution in [0.2, 0.25) is 0 Å². The highest BCUT2D eigenvalue weighted by Gasteiger charge is 2.33. The van der Waals surface area contributed by atoms with Crippen molar-refractivity contribution in [2.75, 3.05) is 6.61 Å². The zero-order valence-corrected chi connectivity index (χ0v) is 28.6. The number of aliphatic hydroxyl groups excluding tert-OH is 3. The summed E-state index contributed by atoms with van der Waals surface area (Å²) in [4.78, 5) is 74.6. The Morgan fingerprint density at radius 2 is 1.07 bits per heavy atom. The van der Waals surface area contributed by atoms with Crippen LogP contribution >= 0.6 is 0 Å². The maximum Gasteiger partial charge on any atom is 0.306 e. The summed E-state index contributed by atoms with van der Waals surface area (Å²) in [5.74, 6) is -5.12. The Kier molecular flexibility index (Phi) is 19.3. The van der Waals surface area contributed by atoms with Crippen molar-refractivity contribution in [3.63, 3.8) is 0 Å². The van der Waals surface area contributed by atoms with E-state index in [0.29, 0.717) is 6.42 Å². The van der Waals surface area contributed by atoms with Gasteiger partial charge in [-0.05, 0) is 43.4 Å². The fourth-order valence-corrected chi connectivity index (χ4v) is 4.77. The molecule has 0 spiro atoms. The van der Waals surface area contributed by atoms with E-state index in [-0.39, 0.29) is 36.7 Å². The minimum absolute atomic E-state index is 0.000340. The topological polar surface area (TPSA) is 243 Å². The van der Waals surface area contributed by atoms with E-state index >= 15 is 0 Å². The van der Waals surface area contributed by atoms with Crippen LogP contribution in [0.3, 0.4) is 0 Å². The van der Waals surface area contributed by atoms with Gasteiger partial charge in [-0.2, -0.15) is 0 Å². The van der Waals surface area contributed by atoms with Crippen LogP contribution in [0.25, 0.3) is 0 Å². The molecular weight excluding hydrogens is 602 g/mol. The maximum atomic E-state index is 13.4. The number of carbonyl (C=O) groups is 6. The van der Waals surface area contributed by atoms with Crippen LogP contribution in [0.15, 0.2) is 0 Å². The van der Waals surface area contributed by atoms with Crippen molar-refractivity contribution in [1.29, 1.82) is 0 Å². The van der Waals surface area contributed by atoms with Crippen molar-refractivity contribution in [2.45, 2.75) is 130 Å². The Morgan fingerprint density at radius 3 is 1.52 bits per heavy atom. The third-order valence-corrected chi connectivity index (χ3v) is 7.38. The first-order valence-corrected chi connectivity index (χ1v) is 15.9. The number of carbonyl (C=O) groups excluding carboxylic acids is 5. The predicted molar refractivity (Wildman–Crippen MR) is 170 cm³/mol.